The minimum absolute atomic E-state index is 0.755. The number of rotatable bonds is 7. The molecule has 0 aliphatic rings. The molecule has 0 saturated heterocycles. The monoisotopic (exact) mass is 639 g/mol. The maximum atomic E-state index is 6.28. The first kappa shape index (κ1) is 30.9. The number of nitrogens with two attached hydrogens (primary N) is 1. The highest BCUT2D eigenvalue weighted by molar-refractivity contribution is 5.88. The molecule has 50 heavy (non-hydrogen) atoms. The third-order valence-corrected chi connectivity index (χ3v) is 9.36. The van der Waals surface area contributed by atoms with Gasteiger partial charge in [0, 0.05) is 5.69 Å². The van der Waals surface area contributed by atoms with Crippen molar-refractivity contribution in [3.05, 3.63) is 200 Å². The zero-order valence-corrected chi connectivity index (χ0v) is 28.1. The molecule has 0 fully saturated rings. The molecule has 8 rings (SSSR count). The average molecular weight is 640 g/mol. The van der Waals surface area contributed by atoms with Crippen molar-refractivity contribution < 1.29 is 0 Å². The molecule has 0 aromatic heterocycles. The quantitative estimate of drug-likeness (QED) is 0.173. The van der Waals surface area contributed by atoms with E-state index in [2.05, 4.69) is 189 Å². The zero-order valence-electron chi connectivity index (χ0n) is 28.1. The lowest BCUT2D eigenvalue weighted by atomic mass is 9.88. The van der Waals surface area contributed by atoms with Crippen LogP contribution in [0, 0.1) is 6.92 Å². The van der Waals surface area contributed by atoms with Crippen LogP contribution in [0.3, 0.4) is 0 Å². The highest BCUT2D eigenvalue weighted by Gasteiger charge is 2.14. The third kappa shape index (κ3) is 6.63. The molecule has 0 unspecified atom stereocenters. The second-order valence-electron chi connectivity index (χ2n) is 13.0. The fraction of sp³-hybridized carbons (Fsp3) is 0.0204. The zero-order chi connectivity index (χ0) is 33.9. The van der Waals surface area contributed by atoms with E-state index in [1.54, 1.807) is 0 Å². The van der Waals surface area contributed by atoms with E-state index in [0.29, 0.717) is 0 Å². The van der Waals surface area contributed by atoms with Crippen LogP contribution in [0.15, 0.2) is 194 Å². The Morgan fingerprint density at radius 2 is 0.520 bits per heavy atom. The Hall–Kier alpha value is -6.44. The summed E-state index contributed by atoms with van der Waals surface area (Å²) in [6.45, 7) is 2.16. The molecule has 0 amide bonds. The largest absolute Gasteiger partial charge is 0.399 e. The molecule has 0 aliphatic heterocycles. The number of anilines is 1. The van der Waals surface area contributed by atoms with E-state index >= 15 is 0 Å². The maximum Gasteiger partial charge on any atom is 0.0320 e. The molecule has 0 bridgehead atoms. The van der Waals surface area contributed by atoms with Gasteiger partial charge >= 0.3 is 0 Å². The van der Waals surface area contributed by atoms with Crippen LogP contribution < -0.4 is 5.73 Å². The Morgan fingerprint density at radius 3 is 0.860 bits per heavy atom. The van der Waals surface area contributed by atoms with Crippen molar-refractivity contribution in [2.45, 2.75) is 6.92 Å². The molecule has 8 aromatic carbocycles. The summed E-state index contributed by atoms with van der Waals surface area (Å²) < 4.78 is 0. The fourth-order valence-corrected chi connectivity index (χ4v) is 6.82. The van der Waals surface area contributed by atoms with Crippen molar-refractivity contribution in [1.82, 2.24) is 0 Å². The lowest BCUT2D eigenvalue weighted by molar-refractivity contribution is 1.46. The normalized spacial score (nSPS) is 11.0. The maximum absolute atomic E-state index is 6.28. The summed E-state index contributed by atoms with van der Waals surface area (Å²) in [5, 5.41) is 0. The molecule has 238 valence electrons. The first-order valence-electron chi connectivity index (χ1n) is 17.1. The molecular formula is C49H37N. The summed E-state index contributed by atoms with van der Waals surface area (Å²) >= 11 is 0. The second kappa shape index (κ2) is 13.6. The van der Waals surface area contributed by atoms with Gasteiger partial charge in [-0.2, -0.15) is 0 Å². The van der Waals surface area contributed by atoms with Gasteiger partial charge < -0.3 is 5.73 Å². The Labute approximate surface area is 295 Å². The van der Waals surface area contributed by atoms with Crippen molar-refractivity contribution in [3.8, 4) is 77.9 Å². The summed E-state index contributed by atoms with van der Waals surface area (Å²) in [5.41, 5.74) is 24.7. The highest BCUT2D eigenvalue weighted by Crippen LogP contribution is 2.39. The fourth-order valence-electron chi connectivity index (χ4n) is 6.82. The van der Waals surface area contributed by atoms with Gasteiger partial charge in [-0.1, -0.05) is 133 Å². The summed E-state index contributed by atoms with van der Waals surface area (Å²) in [6.07, 6.45) is 0. The first-order chi connectivity index (χ1) is 24.6. The van der Waals surface area contributed by atoms with Crippen molar-refractivity contribution in [2.24, 2.45) is 0 Å². The van der Waals surface area contributed by atoms with Crippen LogP contribution in [0.1, 0.15) is 5.56 Å². The molecule has 8 aromatic rings. The van der Waals surface area contributed by atoms with Gasteiger partial charge in [0.25, 0.3) is 0 Å². The standard InChI is InChI=1S/C49H37N/c1-34-13-11-20-38(23-34)43-24-40(35-14-5-2-6-15-35)26-45(30-43)47-28-42(37-18-9-4-10-19-37)29-48(32-47)46-27-41(36-16-7-3-8-17-36)25-44(31-46)39-21-12-22-49(50)33-39/h2-33H,50H2,1H3. The number of nitrogen functional groups attached to an aromatic ring is 1. The molecule has 0 aliphatic carbocycles. The van der Waals surface area contributed by atoms with Crippen molar-refractivity contribution in [1.29, 1.82) is 0 Å². The van der Waals surface area contributed by atoms with Crippen LogP contribution >= 0.6 is 0 Å². The van der Waals surface area contributed by atoms with Crippen LogP contribution in [0.2, 0.25) is 0 Å². The van der Waals surface area contributed by atoms with E-state index in [-0.39, 0.29) is 0 Å². The lowest BCUT2D eigenvalue weighted by Crippen LogP contribution is -1.91. The Balaban J connectivity index is 1.37. The predicted octanol–water partition coefficient (Wildman–Crippen LogP) is 13.2. The van der Waals surface area contributed by atoms with E-state index in [1.807, 2.05) is 12.1 Å². The van der Waals surface area contributed by atoms with Crippen molar-refractivity contribution in [2.75, 3.05) is 5.73 Å². The van der Waals surface area contributed by atoms with Gasteiger partial charge in [0.1, 0.15) is 0 Å². The minimum atomic E-state index is 0.755. The van der Waals surface area contributed by atoms with E-state index in [1.165, 1.54) is 61.2 Å². The van der Waals surface area contributed by atoms with Crippen LogP contribution in [0.5, 0.6) is 0 Å². The Morgan fingerprint density at radius 1 is 0.240 bits per heavy atom. The van der Waals surface area contributed by atoms with Crippen molar-refractivity contribution in [3.63, 3.8) is 0 Å². The molecule has 0 heterocycles. The van der Waals surface area contributed by atoms with E-state index in [4.69, 9.17) is 5.73 Å². The highest BCUT2D eigenvalue weighted by atomic mass is 14.5. The molecule has 0 spiro atoms. The first-order valence-corrected chi connectivity index (χ1v) is 17.1. The molecule has 2 N–H and O–H groups in total. The third-order valence-electron chi connectivity index (χ3n) is 9.36. The number of hydrogen-bond acceptors (Lipinski definition) is 1. The number of hydrogen-bond donors (Lipinski definition) is 1. The molecule has 1 nitrogen and oxygen atoms in total. The van der Waals surface area contributed by atoms with Crippen molar-refractivity contribution >= 4 is 5.69 Å². The van der Waals surface area contributed by atoms with Crippen LogP contribution in [-0.4, -0.2) is 0 Å². The molecular weight excluding hydrogens is 603 g/mol. The van der Waals surface area contributed by atoms with E-state index < -0.39 is 0 Å². The van der Waals surface area contributed by atoms with Gasteiger partial charge in [-0.05, 0) is 152 Å². The van der Waals surface area contributed by atoms with Crippen LogP contribution in [0.4, 0.5) is 5.69 Å². The summed E-state index contributed by atoms with van der Waals surface area (Å²) in [6, 6.07) is 69.8. The number of aryl methyl sites for hydroxylation is 1. The SMILES string of the molecule is Cc1cccc(-c2cc(-c3ccccc3)cc(-c3cc(-c4ccccc4)cc(-c4cc(-c5ccccc5)cc(-c5cccc(N)c5)c4)c3)c2)c1. The minimum Gasteiger partial charge on any atom is -0.399 e. The number of benzene rings is 8. The Kier molecular flexibility index (Phi) is 8.39. The summed E-state index contributed by atoms with van der Waals surface area (Å²) in [4.78, 5) is 0. The van der Waals surface area contributed by atoms with Gasteiger partial charge in [-0.3, -0.25) is 0 Å². The molecule has 0 saturated carbocycles. The Bertz CT molecular complexity index is 2270. The smallest absolute Gasteiger partial charge is 0.0320 e. The van der Waals surface area contributed by atoms with Gasteiger partial charge in [0.15, 0.2) is 0 Å². The topological polar surface area (TPSA) is 26.0 Å². The molecule has 0 atom stereocenters. The van der Waals surface area contributed by atoms with E-state index in [9.17, 15) is 0 Å². The second-order valence-corrected chi connectivity index (χ2v) is 13.0. The summed E-state index contributed by atoms with van der Waals surface area (Å²) in [5.74, 6) is 0. The molecule has 0 radical (unpaired) electrons. The average Bonchev–Trinajstić information content (AvgIpc) is 3.18. The lowest BCUT2D eigenvalue weighted by Gasteiger charge is -2.16. The van der Waals surface area contributed by atoms with Gasteiger partial charge in [0.05, 0.1) is 0 Å². The van der Waals surface area contributed by atoms with Crippen LogP contribution in [0.25, 0.3) is 77.9 Å². The van der Waals surface area contributed by atoms with E-state index in [0.717, 1.165) is 27.9 Å². The predicted molar refractivity (Wildman–Crippen MR) is 214 cm³/mol. The van der Waals surface area contributed by atoms with Gasteiger partial charge in [-0.15, -0.1) is 0 Å². The van der Waals surface area contributed by atoms with Gasteiger partial charge in [0.2, 0.25) is 0 Å². The van der Waals surface area contributed by atoms with Gasteiger partial charge in [-0.25, -0.2) is 0 Å². The summed E-state index contributed by atoms with van der Waals surface area (Å²) in [7, 11) is 0. The van der Waals surface area contributed by atoms with Crippen LogP contribution in [-0.2, 0) is 0 Å². The molecule has 1 heteroatoms.